The maximum Gasteiger partial charge on any atom is 0.225 e. The fourth-order valence-electron chi connectivity index (χ4n) is 4.16. The van der Waals surface area contributed by atoms with Crippen LogP contribution in [0.2, 0.25) is 0 Å². The van der Waals surface area contributed by atoms with E-state index in [-0.39, 0.29) is 17.9 Å². The van der Waals surface area contributed by atoms with Gasteiger partial charge in [-0.05, 0) is 43.0 Å². The zero-order valence-electron chi connectivity index (χ0n) is 13.9. The number of piperidine rings is 3. The average Bonchev–Trinajstić information content (AvgIpc) is 2.68. The number of nitrogens with one attached hydrogen (secondary N) is 1. The minimum atomic E-state index is -0.0737. The monoisotopic (exact) mass is 320 g/mol. The predicted molar refractivity (Wildman–Crippen MR) is 95.5 cm³/mol. The van der Waals surface area contributed by atoms with E-state index in [1.807, 2.05) is 36.4 Å². The van der Waals surface area contributed by atoms with E-state index in [9.17, 15) is 4.79 Å². The first-order chi connectivity index (χ1) is 11.8. The van der Waals surface area contributed by atoms with Crippen molar-refractivity contribution in [1.29, 1.82) is 0 Å². The Bertz CT molecular complexity index is 638. The second kappa shape index (κ2) is 6.78. The van der Waals surface area contributed by atoms with Crippen LogP contribution < -0.4 is 5.32 Å². The molecule has 0 spiro atoms. The van der Waals surface area contributed by atoms with Crippen molar-refractivity contribution in [2.75, 3.05) is 19.6 Å². The summed E-state index contributed by atoms with van der Waals surface area (Å²) in [6.45, 7) is 3.25. The van der Waals surface area contributed by atoms with Crippen LogP contribution in [0.5, 0.6) is 0 Å². The van der Waals surface area contributed by atoms with Crippen LogP contribution in [0.1, 0.15) is 30.0 Å². The molecule has 3 saturated heterocycles. The molecule has 2 aromatic rings. The smallest absolute Gasteiger partial charge is 0.225 e. The van der Waals surface area contributed by atoms with E-state index in [2.05, 4.69) is 34.5 Å². The standard InChI is InChI=1S/C21H24N2O/c24-21(19-15-23-13-11-16(19)12-14-23)22-20(17-7-3-1-4-8-17)18-9-5-2-6-10-18/h1-10,16,19-20H,11-15H2,(H,22,24). The Morgan fingerprint density at radius 1 is 0.917 bits per heavy atom. The van der Waals surface area contributed by atoms with Crippen molar-refractivity contribution < 1.29 is 4.79 Å². The minimum Gasteiger partial charge on any atom is -0.345 e. The Kier molecular flexibility index (Phi) is 4.35. The van der Waals surface area contributed by atoms with Crippen LogP contribution in [0.3, 0.4) is 0 Å². The van der Waals surface area contributed by atoms with E-state index in [0.29, 0.717) is 5.92 Å². The third-order valence-corrected chi connectivity index (χ3v) is 5.55. The molecule has 3 aliphatic rings. The Morgan fingerprint density at radius 2 is 1.46 bits per heavy atom. The molecule has 1 N–H and O–H groups in total. The highest BCUT2D eigenvalue weighted by atomic mass is 16.2. The highest BCUT2D eigenvalue weighted by molar-refractivity contribution is 5.80. The third-order valence-electron chi connectivity index (χ3n) is 5.55. The Morgan fingerprint density at radius 3 is 1.92 bits per heavy atom. The molecule has 0 aromatic heterocycles. The molecule has 24 heavy (non-hydrogen) atoms. The molecule has 1 atom stereocenters. The number of rotatable bonds is 4. The fraction of sp³-hybridized carbons (Fsp3) is 0.381. The predicted octanol–water partition coefficient (Wildman–Crippen LogP) is 3.23. The van der Waals surface area contributed by atoms with Gasteiger partial charge in [-0.25, -0.2) is 0 Å². The van der Waals surface area contributed by atoms with Crippen molar-refractivity contribution in [3.63, 3.8) is 0 Å². The van der Waals surface area contributed by atoms with Crippen LogP contribution in [-0.4, -0.2) is 30.4 Å². The normalized spacial score (nSPS) is 25.6. The molecular formula is C21H24N2O. The molecule has 3 heterocycles. The largest absolute Gasteiger partial charge is 0.345 e. The summed E-state index contributed by atoms with van der Waals surface area (Å²) in [7, 11) is 0. The molecule has 5 rings (SSSR count). The van der Waals surface area contributed by atoms with E-state index >= 15 is 0 Å². The number of hydrogen-bond acceptors (Lipinski definition) is 2. The van der Waals surface area contributed by atoms with Crippen molar-refractivity contribution in [1.82, 2.24) is 10.2 Å². The lowest BCUT2D eigenvalue weighted by Gasteiger charge is -2.44. The minimum absolute atomic E-state index is 0.0737. The summed E-state index contributed by atoms with van der Waals surface area (Å²) in [6, 6.07) is 20.5. The Labute approximate surface area is 143 Å². The molecule has 3 fully saturated rings. The molecule has 0 saturated carbocycles. The number of carbonyl (C=O) groups excluding carboxylic acids is 1. The van der Waals surface area contributed by atoms with Crippen molar-refractivity contribution in [2.24, 2.45) is 11.8 Å². The number of benzene rings is 2. The lowest BCUT2D eigenvalue weighted by atomic mass is 9.78. The van der Waals surface area contributed by atoms with Gasteiger partial charge in [0.15, 0.2) is 0 Å². The quantitative estimate of drug-likeness (QED) is 0.938. The van der Waals surface area contributed by atoms with Crippen LogP contribution in [0.15, 0.2) is 60.7 Å². The summed E-state index contributed by atoms with van der Waals surface area (Å²) in [5.74, 6) is 0.909. The van der Waals surface area contributed by atoms with Crippen molar-refractivity contribution in [3.05, 3.63) is 71.8 Å². The van der Waals surface area contributed by atoms with Crippen LogP contribution >= 0.6 is 0 Å². The molecule has 1 unspecified atom stereocenters. The second-order valence-corrected chi connectivity index (χ2v) is 7.01. The summed E-state index contributed by atoms with van der Waals surface area (Å²) in [5, 5.41) is 3.34. The average molecular weight is 320 g/mol. The summed E-state index contributed by atoms with van der Waals surface area (Å²) in [5.41, 5.74) is 2.27. The highest BCUT2D eigenvalue weighted by Gasteiger charge is 2.38. The zero-order valence-corrected chi connectivity index (χ0v) is 13.9. The van der Waals surface area contributed by atoms with Gasteiger partial charge in [0.1, 0.15) is 0 Å². The summed E-state index contributed by atoms with van der Waals surface area (Å²) < 4.78 is 0. The molecule has 0 aliphatic carbocycles. The SMILES string of the molecule is O=C(NC(c1ccccc1)c1ccccc1)C1CN2CCC1CC2. The van der Waals surface area contributed by atoms with Crippen molar-refractivity contribution in [3.8, 4) is 0 Å². The molecule has 0 radical (unpaired) electrons. The molecular weight excluding hydrogens is 296 g/mol. The topological polar surface area (TPSA) is 32.3 Å². The van der Waals surface area contributed by atoms with Gasteiger partial charge in [-0.1, -0.05) is 60.7 Å². The molecule has 2 bridgehead atoms. The molecule has 3 heteroatoms. The van der Waals surface area contributed by atoms with Gasteiger partial charge in [0.25, 0.3) is 0 Å². The van der Waals surface area contributed by atoms with Crippen LogP contribution in [0, 0.1) is 11.8 Å². The van der Waals surface area contributed by atoms with Gasteiger partial charge in [0.2, 0.25) is 5.91 Å². The fourth-order valence-corrected chi connectivity index (χ4v) is 4.16. The summed E-state index contributed by atoms with van der Waals surface area (Å²) in [4.78, 5) is 15.4. The van der Waals surface area contributed by atoms with Gasteiger partial charge in [0, 0.05) is 6.54 Å². The molecule has 1 amide bonds. The third kappa shape index (κ3) is 3.09. The van der Waals surface area contributed by atoms with E-state index in [0.717, 1.165) is 30.8 Å². The van der Waals surface area contributed by atoms with Gasteiger partial charge in [0.05, 0.1) is 12.0 Å². The van der Waals surface area contributed by atoms with Gasteiger partial charge in [-0.3, -0.25) is 4.79 Å². The number of fused-ring (bicyclic) bond motifs is 3. The first kappa shape index (κ1) is 15.4. The van der Waals surface area contributed by atoms with Gasteiger partial charge >= 0.3 is 0 Å². The van der Waals surface area contributed by atoms with Crippen molar-refractivity contribution in [2.45, 2.75) is 18.9 Å². The second-order valence-electron chi connectivity index (χ2n) is 7.01. The van der Waals surface area contributed by atoms with Crippen LogP contribution in [0.25, 0.3) is 0 Å². The molecule has 3 aliphatic heterocycles. The first-order valence-corrected chi connectivity index (χ1v) is 8.94. The number of nitrogens with zero attached hydrogens (tertiary/aromatic N) is 1. The molecule has 124 valence electrons. The van der Waals surface area contributed by atoms with Crippen molar-refractivity contribution >= 4 is 5.91 Å². The summed E-state index contributed by atoms with van der Waals surface area (Å²) in [6.07, 6.45) is 2.33. The van der Waals surface area contributed by atoms with E-state index < -0.39 is 0 Å². The maximum absolute atomic E-state index is 13.0. The summed E-state index contributed by atoms with van der Waals surface area (Å²) >= 11 is 0. The zero-order chi connectivity index (χ0) is 16.4. The number of hydrogen-bond donors (Lipinski definition) is 1. The number of amides is 1. The Balaban J connectivity index is 1.57. The molecule has 2 aromatic carbocycles. The van der Waals surface area contributed by atoms with E-state index in [1.165, 1.54) is 12.8 Å². The first-order valence-electron chi connectivity index (χ1n) is 8.94. The van der Waals surface area contributed by atoms with Crippen LogP contribution in [-0.2, 0) is 4.79 Å². The number of carbonyl (C=O) groups is 1. The lowest BCUT2D eigenvalue weighted by molar-refractivity contribution is -0.131. The highest BCUT2D eigenvalue weighted by Crippen LogP contribution is 2.33. The van der Waals surface area contributed by atoms with Crippen LogP contribution in [0.4, 0.5) is 0 Å². The van der Waals surface area contributed by atoms with Gasteiger partial charge in [-0.2, -0.15) is 0 Å². The molecule has 3 nitrogen and oxygen atoms in total. The van der Waals surface area contributed by atoms with Gasteiger partial charge in [-0.15, -0.1) is 0 Å². The lowest BCUT2D eigenvalue weighted by Crippen LogP contribution is -2.53. The van der Waals surface area contributed by atoms with Gasteiger partial charge < -0.3 is 10.2 Å². The van der Waals surface area contributed by atoms with E-state index in [4.69, 9.17) is 0 Å². The van der Waals surface area contributed by atoms with E-state index in [1.54, 1.807) is 0 Å². The maximum atomic E-state index is 13.0. The Hall–Kier alpha value is -2.13.